The topological polar surface area (TPSA) is 67.2 Å². The van der Waals surface area contributed by atoms with Crippen LogP contribution >= 0.6 is 0 Å². The molecule has 1 heterocycles. The number of carbonyl (C=O) groups excluding carboxylic acids is 1. The van der Waals surface area contributed by atoms with Gasteiger partial charge in [0.15, 0.2) is 0 Å². The van der Waals surface area contributed by atoms with Crippen molar-refractivity contribution in [2.45, 2.75) is 33.4 Å². The summed E-state index contributed by atoms with van der Waals surface area (Å²) in [7, 11) is 0. The lowest BCUT2D eigenvalue weighted by Crippen LogP contribution is -2.37. The molecule has 0 aromatic carbocycles. The molecule has 0 bridgehead atoms. The van der Waals surface area contributed by atoms with Crippen molar-refractivity contribution >= 4 is 5.91 Å². The molecule has 0 spiro atoms. The van der Waals surface area contributed by atoms with Crippen molar-refractivity contribution in [1.29, 1.82) is 0 Å². The number of aliphatic hydroxyl groups excluding tert-OH is 1. The maximum Gasteiger partial charge on any atom is 0.242 e. The molecule has 0 aliphatic rings. The summed E-state index contributed by atoms with van der Waals surface area (Å²) < 4.78 is 1.65. The molecule has 84 valence electrons. The van der Waals surface area contributed by atoms with Crippen molar-refractivity contribution in [2.75, 3.05) is 6.61 Å². The summed E-state index contributed by atoms with van der Waals surface area (Å²) in [6.07, 6.45) is 0. The van der Waals surface area contributed by atoms with Crippen LogP contribution in [0, 0.1) is 13.8 Å². The molecule has 1 aromatic rings. The molecular weight excluding hydrogens is 194 g/mol. The lowest BCUT2D eigenvalue weighted by atomic mass is 10.3. The van der Waals surface area contributed by atoms with Crippen LogP contribution in [0.5, 0.6) is 0 Å². The first-order valence-electron chi connectivity index (χ1n) is 4.94. The molecule has 0 unspecified atom stereocenters. The predicted octanol–water partition coefficient (Wildman–Crippen LogP) is -0.00306. The first kappa shape index (κ1) is 11.7. The van der Waals surface area contributed by atoms with Crippen molar-refractivity contribution in [3.05, 3.63) is 17.5 Å². The Morgan fingerprint density at radius 3 is 2.80 bits per heavy atom. The summed E-state index contributed by atoms with van der Waals surface area (Å²) in [4.78, 5) is 11.5. The van der Waals surface area contributed by atoms with Gasteiger partial charge in [-0.1, -0.05) is 0 Å². The molecule has 2 N–H and O–H groups in total. The molecule has 1 atom stereocenters. The number of carbonyl (C=O) groups is 1. The smallest absolute Gasteiger partial charge is 0.242 e. The third kappa shape index (κ3) is 3.36. The SMILES string of the molecule is Cc1cc(C)n(CC(=O)N[C@@H](C)CO)n1. The zero-order valence-corrected chi connectivity index (χ0v) is 9.32. The monoisotopic (exact) mass is 211 g/mol. The highest BCUT2D eigenvalue weighted by Crippen LogP contribution is 2.01. The average molecular weight is 211 g/mol. The number of hydrogen-bond acceptors (Lipinski definition) is 3. The van der Waals surface area contributed by atoms with E-state index in [1.54, 1.807) is 11.6 Å². The van der Waals surface area contributed by atoms with Gasteiger partial charge in [-0.2, -0.15) is 5.10 Å². The van der Waals surface area contributed by atoms with Crippen LogP contribution in [0.15, 0.2) is 6.07 Å². The van der Waals surface area contributed by atoms with Crippen molar-refractivity contribution < 1.29 is 9.90 Å². The van der Waals surface area contributed by atoms with Gasteiger partial charge in [-0.25, -0.2) is 0 Å². The standard InChI is InChI=1S/C10H17N3O2/c1-7-4-9(3)13(12-7)5-10(15)11-8(2)6-14/h4,8,14H,5-6H2,1-3H3,(H,11,15)/t8-/m0/s1. The van der Waals surface area contributed by atoms with E-state index in [1.807, 2.05) is 19.9 Å². The number of nitrogens with one attached hydrogen (secondary N) is 1. The number of nitrogens with zero attached hydrogens (tertiary/aromatic N) is 2. The molecule has 0 saturated heterocycles. The quantitative estimate of drug-likeness (QED) is 0.736. The van der Waals surface area contributed by atoms with Crippen molar-refractivity contribution in [3.63, 3.8) is 0 Å². The molecule has 0 aliphatic carbocycles. The van der Waals surface area contributed by atoms with Crippen LogP contribution in [0.25, 0.3) is 0 Å². The van der Waals surface area contributed by atoms with Crippen molar-refractivity contribution in [3.8, 4) is 0 Å². The van der Waals surface area contributed by atoms with Gasteiger partial charge in [0, 0.05) is 11.7 Å². The normalized spacial score (nSPS) is 12.5. The van der Waals surface area contributed by atoms with Gasteiger partial charge in [0.25, 0.3) is 0 Å². The number of amides is 1. The average Bonchev–Trinajstić information content (AvgIpc) is 2.44. The molecule has 15 heavy (non-hydrogen) atoms. The minimum atomic E-state index is -0.213. The fourth-order valence-corrected chi connectivity index (χ4v) is 1.34. The van der Waals surface area contributed by atoms with Gasteiger partial charge < -0.3 is 10.4 Å². The van der Waals surface area contributed by atoms with Crippen LogP contribution in [0.1, 0.15) is 18.3 Å². The van der Waals surface area contributed by atoms with Gasteiger partial charge in [0.1, 0.15) is 6.54 Å². The van der Waals surface area contributed by atoms with Gasteiger partial charge in [0.05, 0.1) is 12.3 Å². The van der Waals surface area contributed by atoms with E-state index in [0.717, 1.165) is 11.4 Å². The van der Waals surface area contributed by atoms with Gasteiger partial charge in [-0.3, -0.25) is 9.48 Å². The Balaban J connectivity index is 2.55. The van der Waals surface area contributed by atoms with Crippen LogP contribution < -0.4 is 5.32 Å². The first-order valence-corrected chi connectivity index (χ1v) is 4.94. The largest absolute Gasteiger partial charge is 0.394 e. The van der Waals surface area contributed by atoms with E-state index in [2.05, 4.69) is 10.4 Å². The summed E-state index contributed by atoms with van der Waals surface area (Å²) in [6.45, 7) is 5.69. The Morgan fingerprint density at radius 1 is 1.67 bits per heavy atom. The van der Waals surface area contributed by atoms with E-state index in [4.69, 9.17) is 5.11 Å². The molecule has 1 amide bonds. The van der Waals surface area contributed by atoms with Crippen LogP contribution in [0.4, 0.5) is 0 Å². The Morgan fingerprint density at radius 2 is 2.33 bits per heavy atom. The zero-order chi connectivity index (χ0) is 11.4. The second-order valence-electron chi connectivity index (χ2n) is 3.74. The Bertz CT molecular complexity index is 346. The molecule has 0 saturated carbocycles. The summed E-state index contributed by atoms with van der Waals surface area (Å²) in [5, 5.41) is 15.6. The number of aromatic nitrogens is 2. The second-order valence-corrected chi connectivity index (χ2v) is 3.74. The van der Waals surface area contributed by atoms with Gasteiger partial charge in [0.2, 0.25) is 5.91 Å². The Labute approximate surface area is 89.1 Å². The summed E-state index contributed by atoms with van der Waals surface area (Å²) in [6, 6.07) is 1.71. The predicted molar refractivity (Wildman–Crippen MR) is 56.4 cm³/mol. The molecule has 5 nitrogen and oxygen atoms in total. The third-order valence-electron chi connectivity index (χ3n) is 2.08. The van der Waals surface area contributed by atoms with Gasteiger partial charge in [-0.05, 0) is 26.8 Å². The molecular formula is C10H17N3O2. The molecule has 5 heteroatoms. The van der Waals surface area contributed by atoms with Crippen LogP contribution in [0.2, 0.25) is 0 Å². The first-order chi connectivity index (χ1) is 7.02. The van der Waals surface area contributed by atoms with Crippen LogP contribution in [0.3, 0.4) is 0 Å². The lowest BCUT2D eigenvalue weighted by Gasteiger charge is -2.11. The highest BCUT2D eigenvalue weighted by Gasteiger charge is 2.09. The molecule has 0 fully saturated rings. The molecule has 0 radical (unpaired) electrons. The minimum absolute atomic E-state index is 0.0527. The fourth-order valence-electron chi connectivity index (χ4n) is 1.34. The molecule has 1 aromatic heterocycles. The highest BCUT2D eigenvalue weighted by atomic mass is 16.3. The van der Waals surface area contributed by atoms with E-state index < -0.39 is 0 Å². The second kappa shape index (κ2) is 4.93. The van der Waals surface area contributed by atoms with E-state index in [1.165, 1.54) is 0 Å². The van der Waals surface area contributed by atoms with Crippen LogP contribution in [-0.4, -0.2) is 33.4 Å². The van der Waals surface area contributed by atoms with E-state index >= 15 is 0 Å². The number of aryl methyl sites for hydroxylation is 2. The van der Waals surface area contributed by atoms with E-state index in [9.17, 15) is 4.79 Å². The van der Waals surface area contributed by atoms with Crippen LogP contribution in [-0.2, 0) is 11.3 Å². The maximum absolute atomic E-state index is 11.5. The zero-order valence-electron chi connectivity index (χ0n) is 9.32. The number of hydrogen-bond donors (Lipinski definition) is 2. The Hall–Kier alpha value is -1.36. The third-order valence-corrected chi connectivity index (χ3v) is 2.08. The minimum Gasteiger partial charge on any atom is -0.394 e. The van der Waals surface area contributed by atoms with Crippen molar-refractivity contribution in [1.82, 2.24) is 15.1 Å². The summed E-state index contributed by atoms with van der Waals surface area (Å²) in [5.41, 5.74) is 1.86. The fraction of sp³-hybridized carbons (Fsp3) is 0.600. The number of rotatable bonds is 4. The molecule has 1 rings (SSSR count). The van der Waals surface area contributed by atoms with E-state index in [-0.39, 0.29) is 25.1 Å². The summed E-state index contributed by atoms with van der Waals surface area (Å²) >= 11 is 0. The number of aliphatic hydroxyl groups is 1. The maximum atomic E-state index is 11.5. The highest BCUT2D eigenvalue weighted by molar-refractivity contribution is 5.76. The van der Waals surface area contributed by atoms with E-state index in [0.29, 0.717) is 0 Å². The van der Waals surface area contributed by atoms with Gasteiger partial charge in [-0.15, -0.1) is 0 Å². The Kier molecular flexibility index (Phi) is 3.85. The van der Waals surface area contributed by atoms with Crippen molar-refractivity contribution in [2.24, 2.45) is 0 Å². The molecule has 0 aliphatic heterocycles. The summed E-state index contributed by atoms with van der Waals surface area (Å²) in [5.74, 6) is -0.136. The lowest BCUT2D eigenvalue weighted by molar-refractivity contribution is -0.122. The van der Waals surface area contributed by atoms with Gasteiger partial charge >= 0.3 is 0 Å².